The zero-order valence-corrected chi connectivity index (χ0v) is 12.4. The Morgan fingerprint density at radius 1 is 1.35 bits per heavy atom. The Hall–Kier alpha value is -3.33. The third kappa shape index (κ3) is 3.86. The van der Waals surface area contributed by atoms with Crippen molar-refractivity contribution in [3.63, 3.8) is 0 Å². The summed E-state index contributed by atoms with van der Waals surface area (Å²) in [6.45, 7) is 2.03. The summed E-state index contributed by atoms with van der Waals surface area (Å²) in [6.07, 6.45) is 1.26. The zero-order chi connectivity index (χ0) is 16.8. The first-order valence-corrected chi connectivity index (χ1v) is 6.84. The van der Waals surface area contributed by atoms with Crippen molar-refractivity contribution < 1.29 is 18.7 Å². The van der Waals surface area contributed by atoms with Crippen LogP contribution in [0.2, 0.25) is 0 Å². The summed E-state index contributed by atoms with van der Waals surface area (Å²) < 4.78 is 10.5. The van der Waals surface area contributed by atoms with Gasteiger partial charge < -0.3 is 14.9 Å². The SMILES string of the molecule is CCOC(=O)c1cccc(-c2ccc(/C=C(\C#N)C(N)=O)o2)c1. The average molecular weight is 310 g/mol. The number of amides is 1. The van der Waals surface area contributed by atoms with Gasteiger partial charge >= 0.3 is 5.97 Å². The van der Waals surface area contributed by atoms with Crippen LogP contribution >= 0.6 is 0 Å². The van der Waals surface area contributed by atoms with Crippen molar-refractivity contribution in [3.8, 4) is 17.4 Å². The maximum atomic E-state index is 11.7. The molecule has 0 aliphatic rings. The smallest absolute Gasteiger partial charge is 0.338 e. The van der Waals surface area contributed by atoms with Gasteiger partial charge in [-0.2, -0.15) is 5.26 Å². The van der Waals surface area contributed by atoms with Crippen LogP contribution in [0.15, 0.2) is 46.4 Å². The number of ether oxygens (including phenoxy) is 1. The van der Waals surface area contributed by atoms with Crippen LogP contribution in [0.25, 0.3) is 17.4 Å². The molecule has 0 unspecified atom stereocenters. The number of carbonyl (C=O) groups is 2. The molecule has 0 atom stereocenters. The second-order valence-corrected chi connectivity index (χ2v) is 4.54. The van der Waals surface area contributed by atoms with Crippen molar-refractivity contribution in [2.24, 2.45) is 5.73 Å². The lowest BCUT2D eigenvalue weighted by atomic mass is 10.1. The summed E-state index contributed by atoms with van der Waals surface area (Å²) in [4.78, 5) is 22.8. The molecule has 0 fully saturated rings. The molecule has 0 saturated heterocycles. The molecule has 1 amide bonds. The number of benzene rings is 1. The lowest BCUT2D eigenvalue weighted by Crippen LogP contribution is -2.12. The normalized spacial score (nSPS) is 10.9. The molecule has 2 N–H and O–H groups in total. The first-order chi connectivity index (χ1) is 11.0. The summed E-state index contributed by atoms with van der Waals surface area (Å²) in [5.74, 6) is -0.433. The van der Waals surface area contributed by atoms with E-state index >= 15 is 0 Å². The summed E-state index contributed by atoms with van der Waals surface area (Å²) in [6, 6.07) is 11.8. The second kappa shape index (κ2) is 7.09. The van der Waals surface area contributed by atoms with Gasteiger partial charge in [-0.1, -0.05) is 12.1 Å². The molecule has 1 aromatic heterocycles. The highest BCUT2D eigenvalue weighted by Gasteiger charge is 2.11. The first kappa shape index (κ1) is 16.0. The Balaban J connectivity index is 2.31. The van der Waals surface area contributed by atoms with Crippen LogP contribution in [0.3, 0.4) is 0 Å². The highest BCUT2D eigenvalue weighted by molar-refractivity contribution is 6.00. The Kier molecular flexibility index (Phi) is 4.95. The highest BCUT2D eigenvalue weighted by atomic mass is 16.5. The van der Waals surface area contributed by atoms with Gasteiger partial charge in [0.05, 0.1) is 12.2 Å². The maximum Gasteiger partial charge on any atom is 0.338 e. The number of nitrogens with two attached hydrogens (primary N) is 1. The third-order valence-corrected chi connectivity index (χ3v) is 2.96. The lowest BCUT2D eigenvalue weighted by Gasteiger charge is -2.03. The van der Waals surface area contributed by atoms with Gasteiger partial charge in [-0.15, -0.1) is 0 Å². The van der Waals surface area contributed by atoms with E-state index in [2.05, 4.69) is 0 Å². The van der Waals surface area contributed by atoms with Crippen molar-refractivity contribution in [2.75, 3.05) is 6.61 Å². The van der Waals surface area contributed by atoms with Crippen LogP contribution in [0.1, 0.15) is 23.0 Å². The van der Waals surface area contributed by atoms with Gasteiger partial charge in [-0.05, 0) is 31.2 Å². The molecule has 23 heavy (non-hydrogen) atoms. The van der Waals surface area contributed by atoms with Crippen LogP contribution in [0, 0.1) is 11.3 Å². The van der Waals surface area contributed by atoms with E-state index in [4.69, 9.17) is 20.1 Å². The van der Waals surface area contributed by atoms with Crippen molar-refractivity contribution >= 4 is 18.0 Å². The molecule has 0 aliphatic carbocycles. The van der Waals surface area contributed by atoms with Crippen molar-refractivity contribution in [1.29, 1.82) is 5.26 Å². The largest absolute Gasteiger partial charge is 0.462 e. The van der Waals surface area contributed by atoms with E-state index in [1.54, 1.807) is 49.4 Å². The van der Waals surface area contributed by atoms with Gasteiger partial charge in [0.2, 0.25) is 0 Å². The molecule has 0 spiro atoms. The minimum Gasteiger partial charge on any atom is -0.462 e. The van der Waals surface area contributed by atoms with Gasteiger partial charge in [0.25, 0.3) is 5.91 Å². The number of hydrogen-bond acceptors (Lipinski definition) is 5. The molecular weight excluding hydrogens is 296 g/mol. The fraction of sp³-hybridized carbons (Fsp3) is 0.118. The molecule has 2 rings (SSSR count). The van der Waals surface area contributed by atoms with Gasteiger partial charge in [0.15, 0.2) is 0 Å². The van der Waals surface area contributed by atoms with E-state index in [0.29, 0.717) is 29.3 Å². The maximum absolute atomic E-state index is 11.7. The van der Waals surface area contributed by atoms with Gasteiger partial charge in [0.1, 0.15) is 23.2 Å². The fourth-order valence-corrected chi connectivity index (χ4v) is 1.90. The summed E-state index contributed by atoms with van der Waals surface area (Å²) in [5.41, 5.74) is 5.95. The fourth-order valence-electron chi connectivity index (χ4n) is 1.90. The molecule has 116 valence electrons. The number of carbonyl (C=O) groups excluding carboxylic acids is 2. The van der Waals surface area contributed by atoms with E-state index in [9.17, 15) is 9.59 Å². The standard InChI is InChI=1S/C17H14N2O4/c1-2-22-17(21)12-5-3-4-11(8-12)15-7-6-14(23-15)9-13(10-18)16(19)20/h3-9H,2H2,1H3,(H2,19,20)/b13-9+. The first-order valence-electron chi connectivity index (χ1n) is 6.84. The monoisotopic (exact) mass is 310 g/mol. The Labute approximate surface area is 132 Å². The highest BCUT2D eigenvalue weighted by Crippen LogP contribution is 2.24. The Morgan fingerprint density at radius 3 is 2.78 bits per heavy atom. The average Bonchev–Trinajstić information content (AvgIpc) is 3.01. The second-order valence-electron chi connectivity index (χ2n) is 4.54. The predicted molar refractivity (Wildman–Crippen MR) is 82.9 cm³/mol. The topological polar surface area (TPSA) is 106 Å². The number of nitriles is 1. The number of nitrogens with zero attached hydrogens (tertiary/aromatic N) is 1. The number of esters is 1. The summed E-state index contributed by atoms with van der Waals surface area (Å²) in [7, 11) is 0. The number of hydrogen-bond donors (Lipinski definition) is 1. The number of rotatable bonds is 5. The van der Waals surface area contributed by atoms with E-state index in [0.717, 1.165) is 0 Å². The lowest BCUT2D eigenvalue weighted by molar-refractivity contribution is -0.114. The van der Waals surface area contributed by atoms with E-state index in [-0.39, 0.29) is 5.57 Å². The molecule has 2 aromatic rings. The van der Waals surface area contributed by atoms with Crippen LogP contribution in [0.5, 0.6) is 0 Å². The van der Waals surface area contributed by atoms with Gasteiger partial charge in [-0.3, -0.25) is 4.79 Å². The van der Waals surface area contributed by atoms with Gasteiger partial charge in [-0.25, -0.2) is 4.79 Å². The molecule has 6 heteroatoms. The Morgan fingerprint density at radius 2 is 2.13 bits per heavy atom. The summed E-state index contributed by atoms with van der Waals surface area (Å²) >= 11 is 0. The molecule has 6 nitrogen and oxygen atoms in total. The molecule has 1 aromatic carbocycles. The van der Waals surface area contributed by atoms with E-state index in [1.807, 2.05) is 0 Å². The number of furan rings is 1. The van der Waals surface area contributed by atoms with Gasteiger partial charge in [0, 0.05) is 11.6 Å². The number of primary amides is 1. The molecular formula is C17H14N2O4. The zero-order valence-electron chi connectivity index (χ0n) is 12.4. The van der Waals surface area contributed by atoms with Crippen molar-refractivity contribution in [3.05, 3.63) is 53.3 Å². The minimum atomic E-state index is -0.824. The molecule has 1 heterocycles. The van der Waals surface area contributed by atoms with E-state index in [1.165, 1.54) is 6.08 Å². The molecule has 0 aliphatic heterocycles. The predicted octanol–water partition coefficient (Wildman–Crippen LogP) is 2.52. The third-order valence-electron chi connectivity index (χ3n) is 2.96. The molecule has 0 saturated carbocycles. The molecule has 0 bridgehead atoms. The van der Waals surface area contributed by atoms with Crippen LogP contribution in [-0.2, 0) is 9.53 Å². The van der Waals surface area contributed by atoms with Crippen molar-refractivity contribution in [1.82, 2.24) is 0 Å². The molecule has 0 radical (unpaired) electrons. The van der Waals surface area contributed by atoms with Crippen LogP contribution in [-0.4, -0.2) is 18.5 Å². The minimum absolute atomic E-state index is 0.203. The Bertz CT molecular complexity index is 812. The van der Waals surface area contributed by atoms with Crippen LogP contribution in [0.4, 0.5) is 0 Å². The van der Waals surface area contributed by atoms with E-state index < -0.39 is 11.9 Å². The van der Waals surface area contributed by atoms with Crippen molar-refractivity contribution in [2.45, 2.75) is 6.92 Å². The quantitative estimate of drug-likeness (QED) is 0.519. The van der Waals surface area contributed by atoms with Crippen LogP contribution < -0.4 is 5.73 Å². The summed E-state index contributed by atoms with van der Waals surface area (Å²) in [5, 5.41) is 8.82.